The molecule has 8 amide bonds. The van der Waals surface area contributed by atoms with Crippen molar-refractivity contribution < 1.29 is 106 Å². The van der Waals surface area contributed by atoms with Gasteiger partial charge in [-0.25, -0.2) is 9.59 Å². The fourth-order valence-electron chi connectivity index (χ4n) is 16.4. The number of carboxylic acid groups (broad SMARTS) is 3. The standard InChI is InChI=1S/C46H62N4O11.C41H54N4O11/c1-6-25-60-45(57)46(21-22-46)48-43(55)37-26-34(61-29-33-17-12-16-31-15-10-11-18-35(31)33)28-50(37)44(56)41(30(2)3)47-42(54)36(32-13-8-7-9-14-32)27-38(51)49(23-19-39(52)58-4)24-20-40(53)59-5;1-25(2)36(42-37(51)31(27-9-4-3-5-10-27)22-33(46)44(19-15-34(47)48)20-16-35(49)50)39(53)45-23-29(21-32(45)38(52)43-41(17-18-41)40(54)55)56-24-28-13-8-12-26-11-6-7-14-30(26)28/h6,10-12,15-18,30,32,34,36-37,41H,1,7-9,13-14,19-29H2,2-5H3,(H,47,54)(H,48,55);6-8,11-14,25,27,29,31-32,36H,3-5,9-10,15-24H2,1-2H3,(H,42,51)(H,43,52)(H,47,48)(H,49,50)(H,54,55)/t34-,36+,37+,41+;29-,31+,32+,36+/m11/s1. The number of hydrogen-bond acceptors (Lipinski definition) is 19. The number of aliphatic carboxylic acids is 3. The Hall–Kier alpha value is -10.4. The highest BCUT2D eigenvalue weighted by atomic mass is 16.5. The van der Waals surface area contributed by atoms with Gasteiger partial charge in [0.25, 0.3) is 0 Å². The SMILES string of the molecule is C=CCOC(=O)C1(NC(=O)[C@@H]2C[C@@H](OCc3cccc4ccccc34)CN2C(=O)[C@@H](NC(=O)[C@@H](CC(=O)N(CCC(=O)OC)CCC(=O)OC)C2CCCCC2)C(C)C)CC1.CC(C)[C@H](NC(=O)[C@@H](CC(=O)N(CCC(=O)O)CCC(=O)O)C1CCCCC1)C(=O)N1C[C@H](OCc2cccc3ccccc23)C[C@H]1C(=O)NC1(C(=O)O)CC1. The Labute approximate surface area is 682 Å². The van der Waals surface area contributed by atoms with Crippen molar-refractivity contribution in [2.75, 3.05) is 60.1 Å². The molecule has 2 aliphatic heterocycles. The molecule has 30 nitrogen and oxygen atoms in total. The Kier molecular flexibility index (Phi) is 33.0. The molecule has 6 fully saturated rings. The lowest BCUT2D eigenvalue weighted by molar-refractivity contribution is -0.149. The van der Waals surface area contributed by atoms with Crippen LogP contribution in [0.15, 0.2) is 97.6 Å². The summed E-state index contributed by atoms with van der Waals surface area (Å²) in [5, 5.41) is 43.9. The Morgan fingerprint density at radius 2 is 0.889 bits per heavy atom. The second kappa shape index (κ2) is 42.7. The molecule has 4 aromatic carbocycles. The van der Waals surface area contributed by atoms with Crippen molar-refractivity contribution in [3.05, 3.63) is 109 Å². The van der Waals surface area contributed by atoms with Gasteiger partial charge in [0, 0.05) is 76.8 Å². The molecule has 6 aliphatic rings. The van der Waals surface area contributed by atoms with E-state index in [1.165, 1.54) is 39.9 Å². The Balaban J connectivity index is 0.000000268. The lowest BCUT2D eigenvalue weighted by atomic mass is 9.77. The second-order valence-electron chi connectivity index (χ2n) is 32.5. The van der Waals surface area contributed by atoms with E-state index >= 15 is 0 Å². The maximum Gasteiger partial charge on any atom is 0.332 e. The van der Waals surface area contributed by atoms with Crippen LogP contribution in [0.4, 0.5) is 0 Å². The monoisotopic (exact) mass is 1620 g/mol. The summed E-state index contributed by atoms with van der Waals surface area (Å²) in [6, 6.07) is 23.4. The van der Waals surface area contributed by atoms with Gasteiger partial charge in [-0.1, -0.05) is 164 Å². The van der Waals surface area contributed by atoms with E-state index in [-0.39, 0.29) is 135 Å². The lowest BCUT2D eigenvalue weighted by Gasteiger charge is -2.34. The van der Waals surface area contributed by atoms with Crippen LogP contribution in [0.25, 0.3) is 21.5 Å². The highest BCUT2D eigenvalue weighted by Crippen LogP contribution is 2.40. The first-order chi connectivity index (χ1) is 56.0. The average Bonchev–Trinajstić information content (AvgIpc) is 1.62. The zero-order valence-electron chi connectivity index (χ0n) is 68.1. The van der Waals surface area contributed by atoms with Crippen molar-refractivity contribution in [2.45, 2.75) is 230 Å². The Bertz CT molecular complexity index is 4170. The van der Waals surface area contributed by atoms with Gasteiger partial charge in [-0.2, -0.15) is 0 Å². The minimum Gasteiger partial charge on any atom is -0.481 e. The molecule has 30 heteroatoms. The van der Waals surface area contributed by atoms with Crippen LogP contribution < -0.4 is 21.3 Å². The van der Waals surface area contributed by atoms with E-state index in [1.807, 2.05) is 84.9 Å². The van der Waals surface area contributed by atoms with Gasteiger partial charge in [-0.05, 0) is 108 Å². The zero-order chi connectivity index (χ0) is 84.7. The molecule has 4 aliphatic carbocycles. The number of esters is 3. The molecule has 117 heavy (non-hydrogen) atoms. The van der Waals surface area contributed by atoms with E-state index in [9.17, 15) is 82.4 Å². The van der Waals surface area contributed by atoms with Gasteiger partial charge in [-0.3, -0.25) is 57.5 Å². The number of amides is 8. The van der Waals surface area contributed by atoms with Crippen LogP contribution in [0, 0.1) is 35.5 Å². The number of ether oxygens (including phenoxy) is 5. The van der Waals surface area contributed by atoms with E-state index in [0.29, 0.717) is 25.7 Å². The topological polar surface area (TPSA) is 407 Å². The van der Waals surface area contributed by atoms with Crippen molar-refractivity contribution in [1.29, 1.82) is 0 Å². The normalized spacial score (nSPS) is 19.8. The molecule has 2 heterocycles. The van der Waals surface area contributed by atoms with Crippen LogP contribution in [0.1, 0.15) is 180 Å². The van der Waals surface area contributed by atoms with Gasteiger partial charge in [-0.15, -0.1) is 0 Å². The number of nitrogens with zero attached hydrogens (tertiary/aromatic N) is 4. The Morgan fingerprint density at radius 3 is 1.25 bits per heavy atom. The summed E-state index contributed by atoms with van der Waals surface area (Å²) >= 11 is 0. The van der Waals surface area contributed by atoms with Gasteiger partial charge in [0.1, 0.15) is 41.9 Å². The average molecular weight is 1630 g/mol. The highest BCUT2D eigenvalue weighted by Gasteiger charge is 2.56. The summed E-state index contributed by atoms with van der Waals surface area (Å²) in [6.07, 6.45) is 8.70. The summed E-state index contributed by atoms with van der Waals surface area (Å²) in [7, 11) is 2.50. The first-order valence-corrected chi connectivity index (χ1v) is 41.2. The number of fused-ring (bicyclic) bond motifs is 2. The van der Waals surface area contributed by atoms with Gasteiger partial charge in [0.2, 0.25) is 47.3 Å². The van der Waals surface area contributed by atoms with Crippen LogP contribution >= 0.6 is 0 Å². The summed E-state index contributed by atoms with van der Waals surface area (Å²) in [5.74, 6) is -12.0. The molecule has 0 spiro atoms. The number of carboxylic acids is 3. The summed E-state index contributed by atoms with van der Waals surface area (Å²) in [5.41, 5.74) is -0.696. The molecule has 2 saturated heterocycles. The Morgan fingerprint density at radius 1 is 0.513 bits per heavy atom. The van der Waals surface area contributed by atoms with E-state index in [1.54, 1.807) is 27.7 Å². The van der Waals surface area contributed by atoms with E-state index in [4.69, 9.17) is 23.7 Å². The minimum atomic E-state index is -1.39. The van der Waals surface area contributed by atoms with Gasteiger partial charge in [0.15, 0.2) is 0 Å². The van der Waals surface area contributed by atoms with Crippen LogP contribution in [0.3, 0.4) is 0 Å². The van der Waals surface area contributed by atoms with E-state index in [2.05, 4.69) is 27.8 Å². The molecular formula is C87H116N8O22. The molecule has 0 radical (unpaired) electrons. The third-order valence-electron chi connectivity index (χ3n) is 23.6. The first kappa shape index (κ1) is 90.6. The number of carbonyl (C=O) groups excluding carboxylic acids is 11. The number of nitrogens with one attached hydrogen (secondary N) is 4. The third-order valence-corrected chi connectivity index (χ3v) is 23.6. The van der Waals surface area contributed by atoms with Crippen molar-refractivity contribution in [3.63, 3.8) is 0 Å². The molecule has 7 N–H and O–H groups in total. The van der Waals surface area contributed by atoms with Crippen LogP contribution in [0.5, 0.6) is 0 Å². The number of hydrogen-bond donors (Lipinski definition) is 7. The maximum absolute atomic E-state index is 14.8. The van der Waals surface area contributed by atoms with Gasteiger partial charge >= 0.3 is 35.8 Å². The molecule has 4 aromatic rings. The quantitative estimate of drug-likeness (QED) is 0.0126. The second-order valence-corrected chi connectivity index (χ2v) is 32.5. The number of carbonyl (C=O) groups is 14. The summed E-state index contributed by atoms with van der Waals surface area (Å²) in [4.78, 5) is 191. The predicted octanol–water partition coefficient (Wildman–Crippen LogP) is 7.95. The summed E-state index contributed by atoms with van der Waals surface area (Å²) < 4.78 is 27.6. The molecule has 0 aromatic heterocycles. The lowest BCUT2D eigenvalue weighted by Crippen LogP contribution is -2.58. The molecule has 10 rings (SSSR count). The zero-order valence-corrected chi connectivity index (χ0v) is 68.1. The van der Waals surface area contributed by atoms with Crippen molar-refractivity contribution >= 4 is 105 Å². The van der Waals surface area contributed by atoms with Gasteiger partial charge in [0.05, 0.1) is 65.3 Å². The molecule has 636 valence electrons. The largest absolute Gasteiger partial charge is 0.481 e. The third kappa shape index (κ3) is 24.9. The highest BCUT2D eigenvalue weighted by molar-refractivity contribution is 5.99. The van der Waals surface area contributed by atoms with Crippen LogP contribution in [0.2, 0.25) is 0 Å². The fourth-order valence-corrected chi connectivity index (χ4v) is 16.4. The molecule has 0 bridgehead atoms. The number of rotatable bonds is 40. The first-order valence-electron chi connectivity index (χ1n) is 41.2. The van der Waals surface area contributed by atoms with Crippen molar-refractivity contribution in [3.8, 4) is 0 Å². The maximum atomic E-state index is 14.8. The molecule has 8 atom stereocenters. The summed E-state index contributed by atoms with van der Waals surface area (Å²) in [6.45, 7) is 10.8. The fraction of sp³-hybridized carbons (Fsp3) is 0.586. The predicted molar refractivity (Wildman–Crippen MR) is 428 cm³/mol. The van der Waals surface area contributed by atoms with Crippen molar-refractivity contribution in [2.24, 2.45) is 35.5 Å². The van der Waals surface area contributed by atoms with Crippen LogP contribution in [-0.4, -0.2) is 226 Å². The molecular weight excluding hydrogens is 1510 g/mol. The minimum absolute atomic E-state index is 0.00317. The van der Waals surface area contributed by atoms with Crippen LogP contribution in [-0.2, 0) is 104 Å². The number of likely N-dealkylation sites (tertiary alicyclic amines) is 2. The molecule has 4 saturated carbocycles. The van der Waals surface area contributed by atoms with Gasteiger partial charge < -0.3 is 79.9 Å². The smallest absolute Gasteiger partial charge is 0.332 e. The van der Waals surface area contributed by atoms with E-state index in [0.717, 1.165) is 84.0 Å². The van der Waals surface area contributed by atoms with E-state index < -0.39 is 154 Å². The molecule has 0 unspecified atom stereocenters. The number of methoxy groups -OCH3 is 2. The number of benzene rings is 4. The van der Waals surface area contributed by atoms with Crippen molar-refractivity contribution in [1.82, 2.24) is 40.9 Å².